The van der Waals surface area contributed by atoms with E-state index in [1.165, 1.54) is 0 Å². The highest BCUT2D eigenvalue weighted by molar-refractivity contribution is 5.98. The number of methoxy groups -OCH3 is 1. The van der Waals surface area contributed by atoms with Crippen LogP contribution in [0.3, 0.4) is 0 Å². The number of rotatable bonds is 8. The lowest BCUT2D eigenvalue weighted by Crippen LogP contribution is -2.06. The number of hydrogen-bond acceptors (Lipinski definition) is 5. The van der Waals surface area contributed by atoms with Gasteiger partial charge in [-0.2, -0.15) is 5.10 Å². The molecule has 6 heteroatoms. The first-order chi connectivity index (χ1) is 14.1. The Morgan fingerprint density at radius 2 is 1.86 bits per heavy atom. The van der Waals surface area contributed by atoms with Crippen molar-refractivity contribution in [3.05, 3.63) is 59.8 Å². The Labute approximate surface area is 169 Å². The Hall–Kier alpha value is -3.12. The standard InChI is InChI=1S/C23H24N2O4/c1-15-13-19(28-2)9-10-21(15)25-22(14-20(24-25)23(27)17-3-4-17)16-5-7-18(8-6-16)29-12-11-26/h5-10,13-14,17,26H,3-4,11-12H2,1-2H3. The molecule has 3 aromatic rings. The van der Waals surface area contributed by atoms with Gasteiger partial charge in [0.1, 0.15) is 23.8 Å². The molecule has 1 heterocycles. The van der Waals surface area contributed by atoms with Crippen molar-refractivity contribution in [2.24, 2.45) is 5.92 Å². The van der Waals surface area contributed by atoms with E-state index in [1.807, 2.05) is 60.1 Å². The van der Waals surface area contributed by atoms with E-state index in [2.05, 4.69) is 5.10 Å². The lowest BCUT2D eigenvalue weighted by Gasteiger charge is -2.12. The van der Waals surface area contributed by atoms with Crippen LogP contribution >= 0.6 is 0 Å². The van der Waals surface area contributed by atoms with Crippen LogP contribution in [0.25, 0.3) is 16.9 Å². The number of Topliss-reactive ketones (excluding diaryl/α,β-unsaturated/α-hetero) is 1. The zero-order valence-corrected chi connectivity index (χ0v) is 16.6. The van der Waals surface area contributed by atoms with E-state index < -0.39 is 0 Å². The Morgan fingerprint density at radius 1 is 1.14 bits per heavy atom. The first-order valence-corrected chi connectivity index (χ1v) is 9.74. The van der Waals surface area contributed by atoms with Crippen molar-refractivity contribution in [3.63, 3.8) is 0 Å². The minimum absolute atomic E-state index is 0.0299. The number of carbonyl (C=O) groups excluding carboxylic acids is 1. The van der Waals surface area contributed by atoms with Crippen molar-refractivity contribution in [3.8, 4) is 28.4 Å². The molecule has 1 aromatic heterocycles. The molecule has 0 atom stereocenters. The van der Waals surface area contributed by atoms with Gasteiger partial charge in [-0.1, -0.05) is 0 Å². The predicted octanol–water partition coefficient (Wildman–Crippen LogP) is 3.82. The molecule has 0 amide bonds. The van der Waals surface area contributed by atoms with E-state index in [0.717, 1.165) is 41.1 Å². The average molecular weight is 392 g/mol. The molecule has 0 aliphatic heterocycles. The Kier molecular flexibility index (Phi) is 5.36. The van der Waals surface area contributed by atoms with Gasteiger partial charge in [-0.05, 0) is 73.9 Å². The second kappa shape index (κ2) is 8.09. The molecule has 29 heavy (non-hydrogen) atoms. The van der Waals surface area contributed by atoms with Gasteiger partial charge < -0.3 is 14.6 Å². The van der Waals surface area contributed by atoms with Crippen molar-refractivity contribution in [1.82, 2.24) is 9.78 Å². The summed E-state index contributed by atoms with van der Waals surface area (Å²) in [5.74, 6) is 1.68. The molecular formula is C23H24N2O4. The molecule has 0 spiro atoms. The Balaban J connectivity index is 1.76. The fourth-order valence-corrected chi connectivity index (χ4v) is 3.32. The van der Waals surface area contributed by atoms with E-state index in [9.17, 15) is 4.79 Å². The molecule has 0 unspecified atom stereocenters. The number of aromatic nitrogens is 2. The molecule has 0 radical (unpaired) electrons. The van der Waals surface area contributed by atoms with Gasteiger partial charge in [0.25, 0.3) is 0 Å². The van der Waals surface area contributed by atoms with Gasteiger partial charge in [0, 0.05) is 11.5 Å². The van der Waals surface area contributed by atoms with E-state index >= 15 is 0 Å². The van der Waals surface area contributed by atoms with Crippen LogP contribution in [-0.2, 0) is 0 Å². The lowest BCUT2D eigenvalue weighted by molar-refractivity contribution is 0.0962. The van der Waals surface area contributed by atoms with Crippen LogP contribution in [0.15, 0.2) is 48.5 Å². The number of ketones is 1. The molecule has 1 N–H and O–H groups in total. The smallest absolute Gasteiger partial charge is 0.186 e. The highest BCUT2D eigenvalue weighted by Gasteiger charge is 2.32. The van der Waals surface area contributed by atoms with Gasteiger partial charge >= 0.3 is 0 Å². The summed E-state index contributed by atoms with van der Waals surface area (Å²) in [7, 11) is 1.64. The van der Waals surface area contributed by atoms with E-state index in [0.29, 0.717) is 11.4 Å². The van der Waals surface area contributed by atoms with Gasteiger partial charge in [0.05, 0.1) is 25.1 Å². The van der Waals surface area contributed by atoms with Crippen LogP contribution in [-0.4, -0.2) is 41.0 Å². The molecule has 150 valence electrons. The minimum atomic E-state index is -0.0299. The normalized spacial score (nSPS) is 13.3. The zero-order chi connectivity index (χ0) is 20.4. The minimum Gasteiger partial charge on any atom is -0.497 e. The number of benzene rings is 2. The third kappa shape index (κ3) is 4.03. The summed E-state index contributed by atoms with van der Waals surface area (Å²) in [6.07, 6.45) is 1.89. The number of carbonyl (C=O) groups is 1. The van der Waals surface area contributed by atoms with Crippen LogP contribution in [0.5, 0.6) is 11.5 Å². The Bertz CT molecular complexity index is 1020. The number of aryl methyl sites for hydroxylation is 1. The van der Waals surface area contributed by atoms with Gasteiger partial charge in [-0.3, -0.25) is 4.79 Å². The second-order valence-corrected chi connectivity index (χ2v) is 7.21. The summed E-state index contributed by atoms with van der Waals surface area (Å²) >= 11 is 0. The molecule has 1 saturated carbocycles. The van der Waals surface area contributed by atoms with Crippen molar-refractivity contribution in [2.45, 2.75) is 19.8 Å². The van der Waals surface area contributed by atoms with Crippen LogP contribution in [0.4, 0.5) is 0 Å². The van der Waals surface area contributed by atoms with E-state index in [4.69, 9.17) is 14.6 Å². The molecule has 4 rings (SSSR count). The number of nitrogens with zero attached hydrogens (tertiary/aromatic N) is 2. The van der Waals surface area contributed by atoms with E-state index in [-0.39, 0.29) is 24.9 Å². The van der Waals surface area contributed by atoms with Crippen LogP contribution in [0.2, 0.25) is 0 Å². The second-order valence-electron chi connectivity index (χ2n) is 7.21. The lowest BCUT2D eigenvalue weighted by atomic mass is 10.1. The highest BCUT2D eigenvalue weighted by Crippen LogP contribution is 2.34. The van der Waals surface area contributed by atoms with E-state index in [1.54, 1.807) is 7.11 Å². The van der Waals surface area contributed by atoms with Crippen molar-refractivity contribution >= 4 is 5.78 Å². The predicted molar refractivity (Wildman–Crippen MR) is 110 cm³/mol. The summed E-state index contributed by atoms with van der Waals surface area (Å²) < 4.78 is 12.6. The monoisotopic (exact) mass is 392 g/mol. The van der Waals surface area contributed by atoms with Crippen molar-refractivity contribution in [1.29, 1.82) is 0 Å². The zero-order valence-electron chi connectivity index (χ0n) is 16.6. The summed E-state index contributed by atoms with van der Waals surface area (Å²) in [5.41, 5.74) is 4.17. The quantitative estimate of drug-likeness (QED) is 0.590. The topological polar surface area (TPSA) is 73.6 Å². The molecule has 2 aromatic carbocycles. The van der Waals surface area contributed by atoms with Crippen LogP contribution < -0.4 is 9.47 Å². The van der Waals surface area contributed by atoms with Gasteiger partial charge in [-0.15, -0.1) is 0 Å². The van der Waals surface area contributed by atoms with Crippen LogP contribution in [0.1, 0.15) is 28.9 Å². The third-order valence-corrected chi connectivity index (χ3v) is 5.05. The molecule has 1 aliphatic rings. The fourth-order valence-electron chi connectivity index (χ4n) is 3.32. The molecule has 6 nitrogen and oxygen atoms in total. The summed E-state index contributed by atoms with van der Waals surface area (Å²) in [4.78, 5) is 12.7. The molecule has 1 aliphatic carbocycles. The maximum absolute atomic E-state index is 12.7. The first kappa shape index (κ1) is 19.2. The van der Waals surface area contributed by atoms with Gasteiger partial charge in [-0.25, -0.2) is 4.68 Å². The van der Waals surface area contributed by atoms with Crippen LogP contribution in [0, 0.1) is 12.8 Å². The number of ether oxygens (including phenoxy) is 2. The highest BCUT2D eigenvalue weighted by atomic mass is 16.5. The summed E-state index contributed by atoms with van der Waals surface area (Å²) in [6.45, 7) is 2.22. The maximum atomic E-state index is 12.7. The van der Waals surface area contributed by atoms with Crippen molar-refractivity contribution < 1.29 is 19.4 Å². The first-order valence-electron chi connectivity index (χ1n) is 9.74. The third-order valence-electron chi connectivity index (χ3n) is 5.05. The van der Waals surface area contributed by atoms with Gasteiger partial charge in [0.15, 0.2) is 5.78 Å². The fraction of sp³-hybridized carbons (Fsp3) is 0.304. The summed E-state index contributed by atoms with van der Waals surface area (Å²) in [5, 5.41) is 13.6. The summed E-state index contributed by atoms with van der Waals surface area (Å²) in [6, 6.07) is 15.2. The number of hydrogen-bond donors (Lipinski definition) is 1. The maximum Gasteiger partial charge on any atom is 0.186 e. The molecule has 0 saturated heterocycles. The average Bonchev–Trinajstić information content (AvgIpc) is 3.51. The van der Waals surface area contributed by atoms with Gasteiger partial charge in [0.2, 0.25) is 0 Å². The molecular weight excluding hydrogens is 368 g/mol. The Morgan fingerprint density at radius 3 is 2.48 bits per heavy atom. The SMILES string of the molecule is COc1ccc(-n2nc(C(=O)C3CC3)cc2-c2ccc(OCCO)cc2)c(C)c1. The molecule has 1 fully saturated rings. The largest absolute Gasteiger partial charge is 0.497 e. The number of aliphatic hydroxyl groups excluding tert-OH is 1. The van der Waals surface area contributed by atoms with Crippen molar-refractivity contribution in [2.75, 3.05) is 20.3 Å². The number of aliphatic hydroxyl groups is 1. The molecule has 0 bridgehead atoms.